The Labute approximate surface area is 133 Å². The largest absolute Gasteiger partial charge is 0.489 e. The molecule has 2 rings (SSSR count). The molecule has 2 aromatic rings. The zero-order valence-corrected chi connectivity index (χ0v) is 12.9. The van der Waals surface area contributed by atoms with Crippen LogP contribution in [0.4, 0.5) is 5.69 Å². The summed E-state index contributed by atoms with van der Waals surface area (Å²) in [5.74, 6) is 0.425. The Morgan fingerprint density at radius 3 is 2.76 bits per heavy atom. The lowest BCUT2D eigenvalue weighted by Gasteiger charge is -2.09. The zero-order chi connectivity index (χ0) is 15.4. The molecule has 21 heavy (non-hydrogen) atoms. The first kappa shape index (κ1) is 15.5. The summed E-state index contributed by atoms with van der Waals surface area (Å²) in [6.07, 6.45) is 0.689. The molecule has 0 saturated carbocycles. The number of carbonyl (C=O) groups is 1. The summed E-state index contributed by atoms with van der Waals surface area (Å²) in [6.45, 7) is -0.0596. The van der Waals surface area contributed by atoms with Crippen molar-refractivity contribution in [1.29, 1.82) is 0 Å². The van der Waals surface area contributed by atoms with Gasteiger partial charge in [0.05, 0.1) is 15.5 Å². The molecule has 108 valence electrons. The SMILES string of the molecule is O=Cc1cc(OCc2c(Cl)cccc2[N+](=O)[O-])ccc1Br. The van der Waals surface area contributed by atoms with Crippen LogP contribution in [0.3, 0.4) is 0 Å². The van der Waals surface area contributed by atoms with Gasteiger partial charge in [0.25, 0.3) is 5.69 Å². The molecule has 0 unspecified atom stereocenters. The van der Waals surface area contributed by atoms with Crippen LogP contribution in [0.15, 0.2) is 40.9 Å². The first-order valence-corrected chi connectivity index (χ1v) is 6.99. The number of nitro groups is 1. The summed E-state index contributed by atoms with van der Waals surface area (Å²) in [6, 6.07) is 9.29. The first-order chi connectivity index (χ1) is 10.0. The highest BCUT2D eigenvalue weighted by atomic mass is 79.9. The molecule has 0 N–H and O–H groups in total. The van der Waals surface area contributed by atoms with E-state index in [0.717, 1.165) is 0 Å². The molecule has 0 heterocycles. The standard InChI is InChI=1S/C14H9BrClNO4/c15-12-5-4-10(6-9(12)7-18)21-8-11-13(16)2-1-3-14(11)17(19)20/h1-7H,8H2. The molecule has 0 aromatic heterocycles. The van der Waals surface area contributed by atoms with Gasteiger partial charge in [-0.05, 0) is 24.3 Å². The summed E-state index contributed by atoms with van der Waals surface area (Å²) < 4.78 is 6.14. The van der Waals surface area contributed by atoms with Gasteiger partial charge in [-0.15, -0.1) is 0 Å². The third-order valence-electron chi connectivity index (χ3n) is 2.77. The van der Waals surface area contributed by atoms with Gasteiger partial charge < -0.3 is 4.74 Å². The third kappa shape index (κ3) is 3.59. The van der Waals surface area contributed by atoms with Gasteiger partial charge in [0.1, 0.15) is 12.4 Å². The predicted molar refractivity (Wildman–Crippen MR) is 82.0 cm³/mol. The van der Waals surface area contributed by atoms with E-state index >= 15 is 0 Å². The summed E-state index contributed by atoms with van der Waals surface area (Å²) >= 11 is 9.21. The van der Waals surface area contributed by atoms with Crippen LogP contribution in [-0.4, -0.2) is 11.2 Å². The monoisotopic (exact) mass is 369 g/mol. The molecule has 0 bridgehead atoms. The zero-order valence-electron chi connectivity index (χ0n) is 10.6. The van der Waals surface area contributed by atoms with Crippen LogP contribution in [0.5, 0.6) is 5.75 Å². The molecule has 0 spiro atoms. The van der Waals surface area contributed by atoms with Crippen molar-refractivity contribution in [3.63, 3.8) is 0 Å². The van der Waals surface area contributed by atoms with Gasteiger partial charge >= 0.3 is 0 Å². The highest BCUT2D eigenvalue weighted by Gasteiger charge is 2.17. The number of nitrogens with zero attached hydrogens (tertiary/aromatic N) is 1. The lowest BCUT2D eigenvalue weighted by atomic mass is 10.2. The molecule has 2 aromatic carbocycles. The molecule has 0 aliphatic rings. The molecule has 7 heteroatoms. The maximum absolute atomic E-state index is 11.0. The lowest BCUT2D eigenvalue weighted by molar-refractivity contribution is -0.385. The van der Waals surface area contributed by atoms with E-state index in [4.69, 9.17) is 16.3 Å². The average Bonchev–Trinajstić information content (AvgIpc) is 2.47. The van der Waals surface area contributed by atoms with E-state index in [2.05, 4.69) is 15.9 Å². The van der Waals surface area contributed by atoms with E-state index in [9.17, 15) is 14.9 Å². The van der Waals surface area contributed by atoms with Crippen LogP contribution >= 0.6 is 27.5 Å². The molecule has 0 aliphatic heterocycles. The molecule has 5 nitrogen and oxygen atoms in total. The maximum atomic E-state index is 11.0. The second-order valence-electron chi connectivity index (χ2n) is 4.08. The van der Waals surface area contributed by atoms with Crippen molar-refractivity contribution in [2.45, 2.75) is 6.61 Å². The van der Waals surface area contributed by atoms with Gasteiger partial charge in [0.2, 0.25) is 0 Å². The fourth-order valence-electron chi connectivity index (χ4n) is 1.72. The molecular formula is C14H9BrClNO4. The van der Waals surface area contributed by atoms with Crippen molar-refractivity contribution in [3.05, 3.63) is 67.1 Å². The minimum Gasteiger partial charge on any atom is -0.489 e. The minimum atomic E-state index is -0.511. The van der Waals surface area contributed by atoms with Gasteiger partial charge in [-0.1, -0.05) is 33.6 Å². The maximum Gasteiger partial charge on any atom is 0.277 e. The van der Waals surface area contributed by atoms with Crippen LogP contribution < -0.4 is 4.74 Å². The summed E-state index contributed by atoms with van der Waals surface area (Å²) in [5, 5.41) is 11.2. The quantitative estimate of drug-likeness (QED) is 0.444. The van der Waals surface area contributed by atoms with Crippen molar-refractivity contribution in [2.24, 2.45) is 0 Å². The van der Waals surface area contributed by atoms with E-state index in [0.29, 0.717) is 27.6 Å². The normalized spacial score (nSPS) is 10.2. The molecule has 0 amide bonds. The second-order valence-corrected chi connectivity index (χ2v) is 5.35. The number of carbonyl (C=O) groups excluding carboxylic acids is 1. The van der Waals surface area contributed by atoms with Crippen LogP contribution in [-0.2, 0) is 6.61 Å². The van der Waals surface area contributed by atoms with Gasteiger partial charge in [0, 0.05) is 16.1 Å². The van der Waals surface area contributed by atoms with Crippen molar-refractivity contribution in [1.82, 2.24) is 0 Å². The van der Waals surface area contributed by atoms with E-state index in [1.165, 1.54) is 12.1 Å². The average molecular weight is 371 g/mol. The van der Waals surface area contributed by atoms with E-state index in [1.807, 2.05) is 0 Å². The Balaban J connectivity index is 2.24. The molecule has 0 fully saturated rings. The van der Waals surface area contributed by atoms with E-state index < -0.39 is 4.92 Å². The Morgan fingerprint density at radius 1 is 1.33 bits per heavy atom. The van der Waals surface area contributed by atoms with Crippen molar-refractivity contribution >= 4 is 39.5 Å². The summed E-state index contributed by atoms with van der Waals surface area (Å²) in [5.41, 5.74) is 0.621. The highest BCUT2D eigenvalue weighted by Crippen LogP contribution is 2.28. The van der Waals surface area contributed by atoms with Crippen LogP contribution in [0.25, 0.3) is 0 Å². The predicted octanol–water partition coefficient (Wildman–Crippen LogP) is 4.40. The first-order valence-electron chi connectivity index (χ1n) is 5.82. The topological polar surface area (TPSA) is 69.4 Å². The van der Waals surface area contributed by atoms with Crippen LogP contribution in [0.1, 0.15) is 15.9 Å². The van der Waals surface area contributed by atoms with Crippen molar-refractivity contribution in [3.8, 4) is 5.75 Å². The number of aldehydes is 1. The number of hydrogen-bond acceptors (Lipinski definition) is 4. The van der Waals surface area contributed by atoms with Gasteiger partial charge in [-0.3, -0.25) is 14.9 Å². The van der Waals surface area contributed by atoms with Crippen LogP contribution in [0, 0.1) is 10.1 Å². The fraction of sp³-hybridized carbons (Fsp3) is 0.0714. The molecular weight excluding hydrogens is 362 g/mol. The number of ether oxygens (including phenoxy) is 1. The third-order valence-corrected chi connectivity index (χ3v) is 3.84. The minimum absolute atomic E-state index is 0.0596. The molecule has 0 saturated heterocycles. The number of nitro benzene ring substituents is 1. The van der Waals surface area contributed by atoms with Crippen LogP contribution in [0.2, 0.25) is 5.02 Å². The fourth-order valence-corrected chi connectivity index (χ4v) is 2.28. The Morgan fingerprint density at radius 2 is 2.10 bits per heavy atom. The van der Waals surface area contributed by atoms with Crippen molar-refractivity contribution in [2.75, 3.05) is 0 Å². The number of rotatable bonds is 5. The smallest absolute Gasteiger partial charge is 0.277 e. The molecule has 0 radical (unpaired) electrons. The number of benzene rings is 2. The second kappa shape index (κ2) is 6.69. The van der Waals surface area contributed by atoms with E-state index in [-0.39, 0.29) is 17.3 Å². The Kier molecular flexibility index (Phi) is 4.93. The lowest BCUT2D eigenvalue weighted by Crippen LogP contribution is -2.02. The van der Waals surface area contributed by atoms with Crippen molar-refractivity contribution < 1.29 is 14.5 Å². The number of halogens is 2. The van der Waals surface area contributed by atoms with Gasteiger partial charge in [-0.2, -0.15) is 0 Å². The highest BCUT2D eigenvalue weighted by molar-refractivity contribution is 9.10. The van der Waals surface area contributed by atoms with E-state index in [1.54, 1.807) is 24.3 Å². The Hall–Kier alpha value is -1.92. The Bertz CT molecular complexity index is 705. The summed E-state index contributed by atoms with van der Waals surface area (Å²) in [7, 11) is 0. The molecule has 0 aliphatic carbocycles. The summed E-state index contributed by atoms with van der Waals surface area (Å²) in [4.78, 5) is 21.3. The van der Waals surface area contributed by atoms with Gasteiger partial charge in [0.15, 0.2) is 6.29 Å². The van der Waals surface area contributed by atoms with Gasteiger partial charge in [-0.25, -0.2) is 0 Å². The molecule has 0 atom stereocenters. The number of hydrogen-bond donors (Lipinski definition) is 0.